The summed E-state index contributed by atoms with van der Waals surface area (Å²) in [4.78, 5) is 15.7. The molecular formula is C19H25N3OS. The lowest BCUT2D eigenvalue weighted by Crippen LogP contribution is -2.30. The van der Waals surface area contributed by atoms with Crippen LogP contribution in [0.5, 0.6) is 0 Å². The van der Waals surface area contributed by atoms with E-state index in [2.05, 4.69) is 33.7 Å². The fourth-order valence-corrected chi connectivity index (χ4v) is 3.69. The Hall–Kier alpha value is -2.01. The molecule has 2 aromatic rings. The molecule has 0 saturated carbocycles. The molecular weight excluding hydrogens is 318 g/mol. The van der Waals surface area contributed by atoms with Crippen LogP contribution in [-0.4, -0.2) is 25.5 Å². The number of benzene rings is 1. The average Bonchev–Trinajstić information content (AvgIpc) is 2.99. The summed E-state index contributed by atoms with van der Waals surface area (Å²) in [5.41, 5.74) is 2.26. The van der Waals surface area contributed by atoms with Crippen molar-refractivity contribution in [3.63, 3.8) is 0 Å². The molecule has 1 aliphatic rings. The first-order valence-corrected chi connectivity index (χ1v) is 9.58. The van der Waals surface area contributed by atoms with Crippen molar-refractivity contribution in [3.05, 3.63) is 46.7 Å². The van der Waals surface area contributed by atoms with Crippen LogP contribution in [0.25, 0.3) is 0 Å². The first-order valence-electron chi connectivity index (χ1n) is 8.70. The molecule has 0 unspecified atom stereocenters. The minimum absolute atomic E-state index is 0.0223. The minimum atomic E-state index is 0.0223. The molecule has 1 fully saturated rings. The molecule has 5 heteroatoms. The summed E-state index contributed by atoms with van der Waals surface area (Å²) in [5.74, 6) is 0.0223. The van der Waals surface area contributed by atoms with Crippen molar-refractivity contribution in [3.8, 4) is 0 Å². The van der Waals surface area contributed by atoms with Gasteiger partial charge in [-0.15, -0.1) is 11.3 Å². The number of amides is 1. The molecule has 4 nitrogen and oxygen atoms in total. The third-order valence-corrected chi connectivity index (χ3v) is 5.21. The van der Waals surface area contributed by atoms with Crippen LogP contribution in [0.2, 0.25) is 0 Å². The number of para-hydroxylation sites is 2. The van der Waals surface area contributed by atoms with Crippen LogP contribution < -0.4 is 15.5 Å². The van der Waals surface area contributed by atoms with E-state index < -0.39 is 0 Å². The van der Waals surface area contributed by atoms with Gasteiger partial charge in [-0.2, -0.15) is 0 Å². The molecule has 0 bridgehead atoms. The van der Waals surface area contributed by atoms with Crippen LogP contribution in [0, 0.1) is 0 Å². The van der Waals surface area contributed by atoms with E-state index in [-0.39, 0.29) is 5.91 Å². The van der Waals surface area contributed by atoms with Gasteiger partial charge in [-0.1, -0.05) is 31.0 Å². The van der Waals surface area contributed by atoms with Crippen molar-refractivity contribution in [2.24, 2.45) is 0 Å². The summed E-state index contributed by atoms with van der Waals surface area (Å²) >= 11 is 1.66. The zero-order chi connectivity index (χ0) is 16.6. The second-order valence-electron chi connectivity index (χ2n) is 6.13. The largest absolute Gasteiger partial charge is 0.374 e. The van der Waals surface area contributed by atoms with E-state index in [1.165, 1.54) is 36.2 Å². The Morgan fingerprint density at radius 1 is 1.04 bits per heavy atom. The minimum Gasteiger partial charge on any atom is -0.374 e. The first kappa shape index (κ1) is 16.8. The van der Waals surface area contributed by atoms with Crippen molar-refractivity contribution in [2.75, 3.05) is 29.9 Å². The summed E-state index contributed by atoms with van der Waals surface area (Å²) in [5, 5.41) is 8.30. The van der Waals surface area contributed by atoms with Gasteiger partial charge in [0.2, 0.25) is 5.91 Å². The van der Waals surface area contributed by atoms with Crippen LogP contribution in [0.1, 0.15) is 30.6 Å². The maximum atomic E-state index is 12.1. The van der Waals surface area contributed by atoms with Crippen molar-refractivity contribution >= 4 is 28.6 Å². The second-order valence-corrected chi connectivity index (χ2v) is 7.16. The molecule has 1 aromatic carbocycles. The quantitative estimate of drug-likeness (QED) is 0.837. The van der Waals surface area contributed by atoms with Gasteiger partial charge < -0.3 is 15.5 Å². The topological polar surface area (TPSA) is 44.4 Å². The van der Waals surface area contributed by atoms with Gasteiger partial charge in [0.15, 0.2) is 0 Å². The maximum Gasteiger partial charge on any atom is 0.239 e. The number of hydrogen-bond acceptors (Lipinski definition) is 4. The van der Waals surface area contributed by atoms with Crippen LogP contribution in [-0.2, 0) is 11.3 Å². The molecule has 3 rings (SSSR count). The number of carbonyl (C=O) groups is 1. The van der Waals surface area contributed by atoms with Crippen LogP contribution in [0.15, 0.2) is 41.8 Å². The van der Waals surface area contributed by atoms with Gasteiger partial charge in [-0.3, -0.25) is 4.79 Å². The fraction of sp³-hybridized carbons (Fsp3) is 0.421. The molecule has 0 radical (unpaired) electrons. The molecule has 0 atom stereocenters. The molecule has 2 heterocycles. The summed E-state index contributed by atoms with van der Waals surface area (Å²) in [6.07, 6.45) is 5.12. The van der Waals surface area contributed by atoms with E-state index in [4.69, 9.17) is 0 Å². The van der Waals surface area contributed by atoms with E-state index in [0.717, 1.165) is 18.8 Å². The van der Waals surface area contributed by atoms with E-state index in [1.807, 2.05) is 23.6 Å². The Balaban J connectivity index is 1.55. The SMILES string of the molecule is O=C(CNc1ccccc1N1CCCCCC1)NCc1cccs1. The second kappa shape index (κ2) is 8.73. The van der Waals surface area contributed by atoms with Gasteiger partial charge in [-0.25, -0.2) is 0 Å². The van der Waals surface area contributed by atoms with Crippen molar-refractivity contribution in [1.82, 2.24) is 5.32 Å². The highest BCUT2D eigenvalue weighted by Gasteiger charge is 2.13. The fourth-order valence-electron chi connectivity index (χ4n) is 3.05. The molecule has 1 aliphatic heterocycles. The van der Waals surface area contributed by atoms with E-state index >= 15 is 0 Å². The van der Waals surface area contributed by atoms with Crippen molar-refractivity contribution in [2.45, 2.75) is 32.2 Å². The first-order chi connectivity index (χ1) is 11.8. The number of thiophene rings is 1. The molecule has 0 spiro atoms. The summed E-state index contributed by atoms with van der Waals surface area (Å²) in [6.45, 7) is 3.11. The summed E-state index contributed by atoms with van der Waals surface area (Å²) in [6, 6.07) is 12.3. The Morgan fingerprint density at radius 3 is 2.58 bits per heavy atom. The van der Waals surface area contributed by atoms with Crippen molar-refractivity contribution < 1.29 is 4.79 Å². The highest BCUT2D eigenvalue weighted by atomic mass is 32.1. The van der Waals surface area contributed by atoms with Crippen LogP contribution in [0.3, 0.4) is 0 Å². The van der Waals surface area contributed by atoms with Crippen molar-refractivity contribution in [1.29, 1.82) is 0 Å². The monoisotopic (exact) mass is 343 g/mol. The number of hydrogen-bond donors (Lipinski definition) is 2. The Morgan fingerprint density at radius 2 is 1.83 bits per heavy atom. The summed E-state index contributed by atoms with van der Waals surface area (Å²) in [7, 11) is 0. The molecule has 128 valence electrons. The van der Waals surface area contributed by atoms with Gasteiger partial charge in [0, 0.05) is 18.0 Å². The normalized spacial score (nSPS) is 14.9. The standard InChI is InChI=1S/C19H25N3OS/c23-19(21-14-16-8-7-13-24-16)15-20-17-9-3-4-10-18(17)22-11-5-1-2-6-12-22/h3-4,7-10,13,20H,1-2,5-6,11-12,14-15H2,(H,21,23). The Kier molecular flexibility index (Phi) is 6.13. The van der Waals surface area contributed by atoms with Gasteiger partial charge in [-0.05, 0) is 36.4 Å². The molecule has 24 heavy (non-hydrogen) atoms. The summed E-state index contributed by atoms with van der Waals surface area (Å²) < 4.78 is 0. The third kappa shape index (κ3) is 4.74. The zero-order valence-corrected chi connectivity index (χ0v) is 14.8. The van der Waals surface area contributed by atoms with E-state index in [1.54, 1.807) is 11.3 Å². The highest BCUT2D eigenvalue weighted by Crippen LogP contribution is 2.27. The van der Waals surface area contributed by atoms with Crippen LogP contribution in [0.4, 0.5) is 11.4 Å². The number of rotatable bonds is 6. The zero-order valence-electron chi connectivity index (χ0n) is 14.0. The molecule has 2 N–H and O–H groups in total. The van der Waals surface area contributed by atoms with E-state index in [0.29, 0.717) is 13.1 Å². The molecule has 1 amide bonds. The van der Waals surface area contributed by atoms with Crippen LogP contribution >= 0.6 is 11.3 Å². The van der Waals surface area contributed by atoms with Gasteiger partial charge in [0.05, 0.1) is 24.5 Å². The lowest BCUT2D eigenvalue weighted by atomic mass is 10.2. The number of anilines is 2. The van der Waals surface area contributed by atoms with Gasteiger partial charge in [0.1, 0.15) is 0 Å². The Bertz CT molecular complexity index is 634. The number of nitrogens with zero attached hydrogens (tertiary/aromatic N) is 1. The highest BCUT2D eigenvalue weighted by molar-refractivity contribution is 7.09. The lowest BCUT2D eigenvalue weighted by Gasteiger charge is -2.25. The molecule has 1 aromatic heterocycles. The number of nitrogens with one attached hydrogen (secondary N) is 2. The molecule has 0 aliphatic carbocycles. The Labute approximate surface area is 147 Å². The van der Waals surface area contributed by atoms with Gasteiger partial charge >= 0.3 is 0 Å². The van der Waals surface area contributed by atoms with E-state index in [9.17, 15) is 4.79 Å². The smallest absolute Gasteiger partial charge is 0.239 e. The third-order valence-electron chi connectivity index (χ3n) is 4.33. The predicted molar refractivity (Wildman–Crippen MR) is 102 cm³/mol. The number of carbonyl (C=O) groups excluding carboxylic acids is 1. The van der Waals surface area contributed by atoms with Gasteiger partial charge in [0.25, 0.3) is 0 Å². The molecule has 1 saturated heterocycles. The average molecular weight is 343 g/mol. The maximum absolute atomic E-state index is 12.1. The predicted octanol–water partition coefficient (Wildman–Crippen LogP) is 3.86. The lowest BCUT2D eigenvalue weighted by molar-refractivity contribution is -0.119.